The Kier molecular flexibility index (Phi) is 9.27. The van der Waals surface area contributed by atoms with Crippen LogP contribution in [0, 0.1) is 12.3 Å². The average molecular weight is 410 g/mol. The highest BCUT2D eigenvalue weighted by Gasteiger charge is 2.32. The van der Waals surface area contributed by atoms with Crippen molar-refractivity contribution in [1.29, 1.82) is 0 Å². The average Bonchev–Trinajstić information content (AvgIpc) is 2.95. The number of nitrogens with one attached hydrogen (secondary N) is 1. The lowest BCUT2D eigenvalue weighted by Gasteiger charge is -2.31. The maximum absolute atomic E-state index is 11.9. The molecule has 0 aromatic carbocycles. The number of rotatable bonds is 12. The van der Waals surface area contributed by atoms with Gasteiger partial charge in [-0.2, -0.15) is 0 Å². The Morgan fingerprint density at radius 1 is 1.07 bits per heavy atom. The summed E-state index contributed by atoms with van der Waals surface area (Å²) in [6, 6.07) is 0. The van der Waals surface area contributed by atoms with Crippen molar-refractivity contribution in [2.75, 3.05) is 19.8 Å². The standard InChI is InChI=1S/C20H30N2O7/c1-6-13-27-20(4,5)14-28-19(2,3)11-12-21-15(23)7-10-18(26)29-22-16(24)8-9-17(22)25/h1H,7-14H2,2-5H3,(H,21,23). The van der Waals surface area contributed by atoms with E-state index in [-0.39, 0.29) is 38.2 Å². The highest BCUT2D eigenvalue weighted by Crippen LogP contribution is 2.19. The van der Waals surface area contributed by atoms with Gasteiger partial charge in [-0.15, -0.1) is 11.5 Å². The van der Waals surface area contributed by atoms with Crippen molar-refractivity contribution in [3.8, 4) is 12.3 Å². The molecule has 0 radical (unpaired) electrons. The molecule has 1 fully saturated rings. The minimum Gasteiger partial charge on any atom is -0.373 e. The first kappa shape index (κ1) is 24.6. The van der Waals surface area contributed by atoms with Crippen molar-refractivity contribution in [3.05, 3.63) is 0 Å². The summed E-state index contributed by atoms with van der Waals surface area (Å²) in [5, 5.41) is 3.17. The van der Waals surface area contributed by atoms with Crippen molar-refractivity contribution in [1.82, 2.24) is 10.4 Å². The second-order valence-corrected chi connectivity index (χ2v) is 7.95. The van der Waals surface area contributed by atoms with Crippen LogP contribution in [0.4, 0.5) is 0 Å². The first-order valence-electron chi connectivity index (χ1n) is 9.50. The van der Waals surface area contributed by atoms with Crippen LogP contribution in [0.5, 0.6) is 0 Å². The Morgan fingerprint density at radius 3 is 2.28 bits per heavy atom. The lowest BCUT2D eigenvalue weighted by atomic mass is 10.0. The van der Waals surface area contributed by atoms with Crippen LogP contribution in [-0.4, -0.2) is 59.7 Å². The SMILES string of the molecule is C#CCOC(C)(C)COC(C)(C)CCNC(=O)CCC(=O)ON1C(=O)CCC1=O. The van der Waals surface area contributed by atoms with Gasteiger partial charge in [0.15, 0.2) is 0 Å². The molecule has 162 valence electrons. The molecule has 1 heterocycles. The monoisotopic (exact) mass is 410 g/mol. The van der Waals surface area contributed by atoms with Crippen molar-refractivity contribution in [2.24, 2.45) is 0 Å². The third-order valence-corrected chi connectivity index (χ3v) is 4.16. The second-order valence-electron chi connectivity index (χ2n) is 7.95. The molecule has 0 atom stereocenters. The molecular weight excluding hydrogens is 380 g/mol. The molecule has 1 N–H and O–H groups in total. The van der Waals surface area contributed by atoms with E-state index in [0.717, 1.165) is 0 Å². The van der Waals surface area contributed by atoms with Crippen LogP contribution in [0.2, 0.25) is 0 Å². The molecular formula is C20H30N2O7. The van der Waals surface area contributed by atoms with Gasteiger partial charge in [0.2, 0.25) is 5.91 Å². The zero-order valence-corrected chi connectivity index (χ0v) is 17.5. The Balaban J connectivity index is 2.25. The fourth-order valence-electron chi connectivity index (χ4n) is 2.33. The molecule has 1 rings (SSSR count). The minimum atomic E-state index is -0.804. The van der Waals surface area contributed by atoms with E-state index in [1.54, 1.807) is 0 Å². The van der Waals surface area contributed by atoms with E-state index in [1.807, 2.05) is 27.7 Å². The molecule has 0 bridgehead atoms. The van der Waals surface area contributed by atoms with Crippen LogP contribution in [0.3, 0.4) is 0 Å². The van der Waals surface area contributed by atoms with Crippen LogP contribution in [0.1, 0.15) is 59.8 Å². The summed E-state index contributed by atoms with van der Waals surface area (Å²) in [6.45, 7) is 8.46. The number of nitrogens with zero attached hydrogens (tertiary/aromatic N) is 1. The summed E-state index contributed by atoms with van der Waals surface area (Å²) in [4.78, 5) is 51.0. The summed E-state index contributed by atoms with van der Waals surface area (Å²) < 4.78 is 11.4. The van der Waals surface area contributed by atoms with Crippen molar-refractivity contribution >= 4 is 23.7 Å². The number of hydroxylamine groups is 2. The maximum Gasteiger partial charge on any atom is 0.333 e. The first-order valence-corrected chi connectivity index (χ1v) is 9.50. The number of imide groups is 1. The number of hydrogen-bond donors (Lipinski definition) is 1. The Hall–Kier alpha value is -2.44. The zero-order chi connectivity index (χ0) is 22.1. The second kappa shape index (κ2) is 10.9. The van der Waals surface area contributed by atoms with Gasteiger partial charge in [0.1, 0.15) is 6.61 Å². The highest BCUT2D eigenvalue weighted by atomic mass is 16.7. The van der Waals surface area contributed by atoms with Gasteiger partial charge in [0.25, 0.3) is 11.8 Å². The van der Waals surface area contributed by atoms with Gasteiger partial charge < -0.3 is 19.6 Å². The topological polar surface area (TPSA) is 111 Å². The fraction of sp³-hybridized carbons (Fsp3) is 0.700. The predicted molar refractivity (Wildman–Crippen MR) is 103 cm³/mol. The molecule has 0 aliphatic carbocycles. The van der Waals surface area contributed by atoms with Gasteiger partial charge in [-0.1, -0.05) is 5.92 Å². The Bertz CT molecular complexity index is 648. The van der Waals surface area contributed by atoms with E-state index in [4.69, 9.17) is 20.7 Å². The number of ether oxygens (including phenoxy) is 2. The van der Waals surface area contributed by atoms with Crippen molar-refractivity contribution in [3.63, 3.8) is 0 Å². The van der Waals surface area contributed by atoms with Gasteiger partial charge >= 0.3 is 5.97 Å². The van der Waals surface area contributed by atoms with Crippen LogP contribution in [-0.2, 0) is 33.5 Å². The highest BCUT2D eigenvalue weighted by molar-refractivity contribution is 6.01. The van der Waals surface area contributed by atoms with Gasteiger partial charge in [0.05, 0.1) is 24.2 Å². The number of terminal acetylenes is 1. The number of amides is 3. The van der Waals surface area contributed by atoms with Crippen LogP contribution >= 0.6 is 0 Å². The maximum atomic E-state index is 11.9. The van der Waals surface area contributed by atoms with Gasteiger partial charge in [-0.3, -0.25) is 14.4 Å². The molecule has 1 saturated heterocycles. The molecule has 9 nitrogen and oxygen atoms in total. The molecule has 0 saturated carbocycles. The summed E-state index contributed by atoms with van der Waals surface area (Å²) in [5.74, 6) is 0.170. The number of hydrogen-bond acceptors (Lipinski definition) is 7. The van der Waals surface area contributed by atoms with E-state index in [1.165, 1.54) is 0 Å². The molecule has 0 aromatic heterocycles. The van der Waals surface area contributed by atoms with Crippen molar-refractivity contribution < 1.29 is 33.5 Å². The molecule has 1 aliphatic heterocycles. The fourth-order valence-corrected chi connectivity index (χ4v) is 2.33. The third kappa shape index (κ3) is 9.54. The Morgan fingerprint density at radius 2 is 1.69 bits per heavy atom. The molecule has 1 aliphatic rings. The molecule has 3 amide bonds. The van der Waals surface area contributed by atoms with E-state index in [2.05, 4.69) is 11.2 Å². The predicted octanol–water partition coefficient (Wildman–Crippen LogP) is 1.10. The van der Waals surface area contributed by atoms with E-state index < -0.39 is 29.0 Å². The minimum absolute atomic E-state index is 0.0255. The van der Waals surface area contributed by atoms with Gasteiger partial charge in [-0.05, 0) is 34.1 Å². The molecule has 0 unspecified atom stereocenters. The summed E-state index contributed by atoms with van der Waals surface area (Å²) in [7, 11) is 0. The smallest absolute Gasteiger partial charge is 0.333 e. The van der Waals surface area contributed by atoms with Gasteiger partial charge in [0, 0.05) is 25.8 Å². The Labute approximate surface area is 171 Å². The zero-order valence-electron chi connectivity index (χ0n) is 17.5. The van der Waals surface area contributed by atoms with E-state index in [9.17, 15) is 19.2 Å². The van der Waals surface area contributed by atoms with E-state index >= 15 is 0 Å². The van der Waals surface area contributed by atoms with Gasteiger partial charge in [-0.25, -0.2) is 4.79 Å². The quantitative estimate of drug-likeness (QED) is 0.379. The summed E-state index contributed by atoms with van der Waals surface area (Å²) >= 11 is 0. The normalized spacial score (nSPS) is 14.7. The van der Waals surface area contributed by atoms with Crippen LogP contribution < -0.4 is 5.32 Å². The third-order valence-electron chi connectivity index (χ3n) is 4.16. The number of carbonyl (C=O) groups is 4. The molecule has 0 aromatic rings. The molecule has 29 heavy (non-hydrogen) atoms. The summed E-state index contributed by atoms with van der Waals surface area (Å²) in [6.07, 6.45) is 5.45. The van der Waals surface area contributed by atoms with Crippen LogP contribution in [0.15, 0.2) is 0 Å². The summed E-state index contributed by atoms with van der Waals surface area (Å²) in [5.41, 5.74) is -1.02. The molecule has 0 spiro atoms. The van der Waals surface area contributed by atoms with Crippen molar-refractivity contribution in [2.45, 2.75) is 71.0 Å². The lowest BCUT2D eigenvalue weighted by Crippen LogP contribution is -2.39. The van der Waals surface area contributed by atoms with Crippen LogP contribution in [0.25, 0.3) is 0 Å². The first-order chi connectivity index (χ1) is 13.5. The molecule has 9 heteroatoms. The van der Waals surface area contributed by atoms with E-state index in [0.29, 0.717) is 24.6 Å². The lowest BCUT2D eigenvalue weighted by molar-refractivity contribution is -0.197. The number of carbonyl (C=O) groups excluding carboxylic acids is 4. The largest absolute Gasteiger partial charge is 0.373 e.